The van der Waals surface area contributed by atoms with Crippen molar-refractivity contribution < 1.29 is 14.2 Å². The van der Waals surface area contributed by atoms with Gasteiger partial charge in [-0.15, -0.1) is 0 Å². The second kappa shape index (κ2) is 18.5. The summed E-state index contributed by atoms with van der Waals surface area (Å²) in [5.74, 6) is 0. The fraction of sp³-hybridized carbons (Fsp3) is 0.636. The van der Waals surface area contributed by atoms with Gasteiger partial charge < -0.3 is 19.5 Å². The van der Waals surface area contributed by atoms with Crippen LogP contribution in [-0.2, 0) is 27.4 Å². The van der Waals surface area contributed by atoms with Crippen LogP contribution in [0.3, 0.4) is 0 Å². The van der Waals surface area contributed by atoms with Crippen LogP contribution in [0.25, 0.3) is 0 Å². The van der Waals surface area contributed by atoms with Gasteiger partial charge in [0.2, 0.25) is 0 Å². The molecule has 4 heteroatoms. The molecule has 206 valence electrons. The Bertz CT molecular complexity index is 732. The quantitative estimate of drug-likeness (QED) is 0.185. The molecule has 0 heterocycles. The molecule has 2 aromatic carbocycles. The second-order valence-corrected chi connectivity index (χ2v) is 10.5. The lowest BCUT2D eigenvalue weighted by molar-refractivity contribution is -0.0723. The molecule has 0 saturated heterocycles. The molecule has 0 aliphatic heterocycles. The first kappa shape index (κ1) is 29.8. The highest BCUT2D eigenvalue weighted by molar-refractivity contribution is 5.15. The van der Waals surface area contributed by atoms with Gasteiger partial charge in [-0.25, -0.2) is 0 Å². The van der Waals surface area contributed by atoms with Crippen LogP contribution in [-0.4, -0.2) is 37.5 Å². The Hall–Kier alpha value is -1.72. The molecule has 4 unspecified atom stereocenters. The van der Waals surface area contributed by atoms with Gasteiger partial charge in [0.05, 0.1) is 31.5 Å². The number of ether oxygens (including phenoxy) is 3. The number of hydrogen-bond acceptors (Lipinski definition) is 4. The highest BCUT2D eigenvalue weighted by atomic mass is 16.6. The molecule has 4 atom stereocenters. The van der Waals surface area contributed by atoms with Gasteiger partial charge in [0, 0.05) is 13.0 Å². The van der Waals surface area contributed by atoms with E-state index in [1.54, 1.807) is 0 Å². The van der Waals surface area contributed by atoms with Crippen molar-refractivity contribution in [2.24, 2.45) is 0 Å². The van der Waals surface area contributed by atoms with Crippen LogP contribution in [0.5, 0.6) is 0 Å². The first-order chi connectivity index (χ1) is 18.3. The van der Waals surface area contributed by atoms with Crippen LogP contribution in [0.4, 0.5) is 0 Å². The zero-order valence-corrected chi connectivity index (χ0v) is 23.4. The third-order valence-corrected chi connectivity index (χ3v) is 7.42. The molecule has 1 saturated carbocycles. The number of hydrogen-bond donors (Lipinski definition) is 1. The highest BCUT2D eigenvalue weighted by Gasteiger charge is 2.45. The second-order valence-electron chi connectivity index (χ2n) is 10.5. The summed E-state index contributed by atoms with van der Waals surface area (Å²) in [6, 6.07) is 21.1. The molecule has 4 nitrogen and oxygen atoms in total. The molecular weight excluding hydrogens is 458 g/mol. The molecule has 1 aliphatic rings. The number of rotatable bonds is 20. The Balaban J connectivity index is 1.63. The van der Waals surface area contributed by atoms with Gasteiger partial charge in [-0.3, -0.25) is 0 Å². The van der Waals surface area contributed by atoms with Crippen molar-refractivity contribution in [2.45, 2.75) is 122 Å². The number of unbranched alkanes of at least 4 members (excludes halogenated alkanes) is 8. The molecule has 1 aliphatic carbocycles. The summed E-state index contributed by atoms with van der Waals surface area (Å²) < 4.78 is 19.7. The van der Waals surface area contributed by atoms with E-state index in [1.165, 1.54) is 68.9 Å². The van der Waals surface area contributed by atoms with Crippen molar-refractivity contribution in [1.82, 2.24) is 5.32 Å². The molecule has 3 rings (SSSR count). The van der Waals surface area contributed by atoms with Crippen LogP contribution < -0.4 is 5.32 Å². The standard InChI is InChI=1S/C33H51NO3/c1-3-5-7-9-17-23-34-32-30(36-26-28-19-13-11-14-20-28)25-31(37-27-29-21-15-12-16-22-29)33(32)35-24-18-10-8-6-4-2/h11-16,19-22,30-34H,3-10,17-18,23-27H2,1-2H3. The summed E-state index contributed by atoms with van der Waals surface area (Å²) in [6.07, 6.45) is 13.6. The molecule has 1 N–H and O–H groups in total. The predicted octanol–water partition coefficient (Wildman–Crippen LogP) is 7.85. The van der Waals surface area contributed by atoms with Crippen molar-refractivity contribution in [3.63, 3.8) is 0 Å². The van der Waals surface area contributed by atoms with Gasteiger partial charge in [0.25, 0.3) is 0 Å². The Morgan fingerprint density at radius 3 is 1.76 bits per heavy atom. The van der Waals surface area contributed by atoms with Crippen molar-refractivity contribution >= 4 is 0 Å². The van der Waals surface area contributed by atoms with Crippen LogP contribution >= 0.6 is 0 Å². The third kappa shape index (κ3) is 11.3. The van der Waals surface area contributed by atoms with Crippen LogP contribution in [0.15, 0.2) is 60.7 Å². The van der Waals surface area contributed by atoms with E-state index < -0.39 is 0 Å². The topological polar surface area (TPSA) is 39.7 Å². The molecule has 0 aromatic heterocycles. The summed E-state index contributed by atoms with van der Waals surface area (Å²) >= 11 is 0. The molecule has 0 bridgehead atoms. The van der Waals surface area contributed by atoms with Gasteiger partial charge in [0.15, 0.2) is 0 Å². The third-order valence-electron chi connectivity index (χ3n) is 7.42. The lowest BCUT2D eigenvalue weighted by Gasteiger charge is -2.28. The van der Waals surface area contributed by atoms with Crippen LogP contribution in [0.1, 0.15) is 95.6 Å². The number of benzene rings is 2. The minimum absolute atomic E-state index is 0.00584. The maximum Gasteiger partial charge on any atom is 0.102 e. The summed E-state index contributed by atoms with van der Waals surface area (Å²) in [7, 11) is 0. The zero-order valence-electron chi connectivity index (χ0n) is 23.4. The molecular formula is C33H51NO3. The Kier molecular flexibility index (Phi) is 14.9. The average Bonchev–Trinajstić information content (AvgIpc) is 3.27. The number of nitrogens with one attached hydrogen (secondary N) is 1. The maximum absolute atomic E-state index is 6.61. The van der Waals surface area contributed by atoms with Gasteiger partial charge in [-0.2, -0.15) is 0 Å². The van der Waals surface area contributed by atoms with Crippen molar-refractivity contribution in [2.75, 3.05) is 13.2 Å². The minimum Gasteiger partial charge on any atom is -0.374 e. The smallest absolute Gasteiger partial charge is 0.102 e. The Labute approximate surface area is 226 Å². The van der Waals surface area contributed by atoms with E-state index in [9.17, 15) is 0 Å². The van der Waals surface area contributed by atoms with Crippen LogP contribution in [0, 0.1) is 0 Å². The van der Waals surface area contributed by atoms with Gasteiger partial charge in [-0.05, 0) is 30.5 Å². The van der Waals surface area contributed by atoms with E-state index in [4.69, 9.17) is 14.2 Å². The van der Waals surface area contributed by atoms with E-state index >= 15 is 0 Å². The van der Waals surface area contributed by atoms with Crippen molar-refractivity contribution in [1.29, 1.82) is 0 Å². The SMILES string of the molecule is CCCCCCCNC1C(OCc2ccccc2)CC(OCc2ccccc2)C1OCCCCCCC. The summed E-state index contributed by atoms with van der Waals surface area (Å²) in [5.41, 5.74) is 2.41. The van der Waals surface area contributed by atoms with E-state index in [2.05, 4.69) is 79.8 Å². The van der Waals surface area contributed by atoms with Crippen molar-refractivity contribution in [3.05, 3.63) is 71.8 Å². The normalized spacial score (nSPS) is 21.5. The van der Waals surface area contributed by atoms with Crippen molar-refractivity contribution in [3.8, 4) is 0 Å². The fourth-order valence-electron chi connectivity index (χ4n) is 5.22. The van der Waals surface area contributed by atoms with E-state index in [0.717, 1.165) is 26.0 Å². The summed E-state index contributed by atoms with van der Waals surface area (Å²) in [5, 5.41) is 3.85. The van der Waals surface area contributed by atoms with Gasteiger partial charge >= 0.3 is 0 Å². The fourth-order valence-corrected chi connectivity index (χ4v) is 5.22. The van der Waals surface area contributed by atoms with Gasteiger partial charge in [-0.1, -0.05) is 126 Å². The predicted molar refractivity (Wildman–Crippen MR) is 154 cm³/mol. The largest absolute Gasteiger partial charge is 0.374 e. The van der Waals surface area contributed by atoms with E-state index in [0.29, 0.717) is 13.2 Å². The maximum atomic E-state index is 6.61. The summed E-state index contributed by atoms with van der Waals surface area (Å²) in [6.45, 7) is 7.55. The minimum atomic E-state index is 0.00584. The average molecular weight is 510 g/mol. The first-order valence-electron chi connectivity index (χ1n) is 15.0. The molecule has 2 aromatic rings. The van der Waals surface area contributed by atoms with Gasteiger partial charge in [0.1, 0.15) is 6.10 Å². The van der Waals surface area contributed by atoms with E-state index in [1.807, 2.05) is 0 Å². The molecule has 0 amide bonds. The van der Waals surface area contributed by atoms with Crippen LogP contribution in [0.2, 0.25) is 0 Å². The monoisotopic (exact) mass is 509 g/mol. The lowest BCUT2D eigenvalue weighted by atomic mass is 10.1. The zero-order chi connectivity index (χ0) is 26.0. The van der Waals surface area contributed by atoms with E-state index in [-0.39, 0.29) is 24.4 Å². The molecule has 0 radical (unpaired) electrons. The summed E-state index contributed by atoms with van der Waals surface area (Å²) in [4.78, 5) is 0. The molecule has 0 spiro atoms. The Morgan fingerprint density at radius 2 is 1.16 bits per heavy atom. The molecule has 37 heavy (non-hydrogen) atoms. The first-order valence-corrected chi connectivity index (χ1v) is 15.0. The highest BCUT2D eigenvalue weighted by Crippen LogP contribution is 2.30. The lowest BCUT2D eigenvalue weighted by Crippen LogP contribution is -2.47. The Morgan fingerprint density at radius 1 is 0.622 bits per heavy atom. The molecule has 1 fully saturated rings.